The van der Waals surface area contributed by atoms with E-state index in [0.29, 0.717) is 11.6 Å². The van der Waals surface area contributed by atoms with Crippen LogP contribution in [0, 0.1) is 0 Å². The molecular weight excluding hydrogens is 348 g/mol. The molecule has 26 heavy (non-hydrogen) atoms. The fourth-order valence-corrected chi connectivity index (χ4v) is 5.23. The molecule has 3 aromatic heterocycles. The number of benzene rings is 1. The summed E-state index contributed by atoms with van der Waals surface area (Å²) >= 11 is 1.64. The number of aliphatic hydroxyl groups excluding tert-OH is 1. The van der Waals surface area contributed by atoms with E-state index >= 15 is 0 Å². The number of nitrogens with zero attached hydrogens (tertiary/aromatic N) is 4. The quantitative estimate of drug-likeness (QED) is 0.592. The summed E-state index contributed by atoms with van der Waals surface area (Å²) < 4.78 is 3.47. The maximum atomic E-state index is 13.5. The lowest BCUT2D eigenvalue weighted by Gasteiger charge is -2.12. The molecule has 0 saturated heterocycles. The van der Waals surface area contributed by atoms with E-state index in [1.807, 2.05) is 34.7 Å². The van der Waals surface area contributed by atoms with Gasteiger partial charge < -0.3 is 5.11 Å². The lowest BCUT2D eigenvalue weighted by molar-refractivity contribution is 0.188. The van der Waals surface area contributed by atoms with Crippen LogP contribution in [-0.2, 0) is 12.8 Å². The number of aryl methyl sites for hydroxylation is 2. The zero-order valence-electron chi connectivity index (χ0n) is 14.3. The summed E-state index contributed by atoms with van der Waals surface area (Å²) in [6, 6.07) is 9.50. The van der Waals surface area contributed by atoms with Crippen molar-refractivity contribution >= 4 is 27.3 Å². The van der Waals surface area contributed by atoms with Crippen molar-refractivity contribution < 1.29 is 5.11 Å². The first-order chi connectivity index (χ1) is 12.7. The summed E-state index contributed by atoms with van der Waals surface area (Å²) in [5.41, 5.74) is 1.87. The third-order valence-corrected chi connectivity index (χ3v) is 6.31. The number of hydrogen-bond acceptors (Lipinski definition) is 5. The van der Waals surface area contributed by atoms with Crippen LogP contribution in [0.3, 0.4) is 0 Å². The Morgan fingerprint density at radius 2 is 1.92 bits per heavy atom. The number of aromatic nitrogens is 4. The average Bonchev–Trinajstić information content (AvgIpc) is 3.24. The molecule has 0 bridgehead atoms. The SMILES string of the molecule is CC(O)c1nnc2n(-c3ccccc3)c(=O)c3c4c(sc3n12)CCCC4. The minimum Gasteiger partial charge on any atom is -0.385 e. The highest BCUT2D eigenvalue weighted by molar-refractivity contribution is 7.18. The van der Waals surface area contributed by atoms with E-state index in [0.717, 1.165) is 47.2 Å². The molecule has 7 heteroatoms. The molecule has 1 N–H and O–H groups in total. The number of rotatable bonds is 2. The van der Waals surface area contributed by atoms with Gasteiger partial charge in [-0.05, 0) is 50.3 Å². The molecule has 0 spiro atoms. The van der Waals surface area contributed by atoms with Crippen molar-refractivity contribution in [2.45, 2.75) is 38.7 Å². The van der Waals surface area contributed by atoms with Crippen LogP contribution in [0.2, 0.25) is 0 Å². The highest BCUT2D eigenvalue weighted by Gasteiger charge is 2.26. The number of aliphatic hydroxyl groups is 1. The van der Waals surface area contributed by atoms with Crippen LogP contribution in [0.1, 0.15) is 42.1 Å². The maximum Gasteiger partial charge on any atom is 0.268 e. The number of hydrogen-bond donors (Lipinski definition) is 1. The molecule has 6 nitrogen and oxygen atoms in total. The Bertz CT molecular complexity index is 1190. The summed E-state index contributed by atoms with van der Waals surface area (Å²) in [6.07, 6.45) is 3.42. The van der Waals surface area contributed by atoms with Gasteiger partial charge in [-0.3, -0.25) is 9.20 Å². The first-order valence-electron chi connectivity index (χ1n) is 8.84. The largest absolute Gasteiger partial charge is 0.385 e. The second-order valence-electron chi connectivity index (χ2n) is 6.74. The maximum absolute atomic E-state index is 13.5. The minimum absolute atomic E-state index is 0.0531. The topological polar surface area (TPSA) is 72.4 Å². The second-order valence-corrected chi connectivity index (χ2v) is 7.82. The first-order valence-corrected chi connectivity index (χ1v) is 9.66. The van der Waals surface area contributed by atoms with Crippen molar-refractivity contribution in [1.29, 1.82) is 0 Å². The molecule has 4 aromatic rings. The van der Waals surface area contributed by atoms with Gasteiger partial charge in [0.15, 0.2) is 5.82 Å². The van der Waals surface area contributed by atoms with E-state index in [4.69, 9.17) is 0 Å². The summed E-state index contributed by atoms with van der Waals surface area (Å²) in [5.74, 6) is 0.913. The van der Waals surface area contributed by atoms with Gasteiger partial charge in [-0.2, -0.15) is 0 Å². The van der Waals surface area contributed by atoms with Gasteiger partial charge in [-0.25, -0.2) is 4.57 Å². The van der Waals surface area contributed by atoms with Gasteiger partial charge in [0.2, 0.25) is 5.78 Å². The number of fused-ring (bicyclic) bond motifs is 5. The van der Waals surface area contributed by atoms with Gasteiger partial charge in [-0.1, -0.05) is 18.2 Å². The molecule has 0 fully saturated rings. The van der Waals surface area contributed by atoms with Crippen LogP contribution in [0.25, 0.3) is 21.7 Å². The van der Waals surface area contributed by atoms with E-state index in [1.54, 1.807) is 22.8 Å². The van der Waals surface area contributed by atoms with Crippen molar-refractivity contribution in [3.8, 4) is 5.69 Å². The van der Waals surface area contributed by atoms with Gasteiger partial charge in [0, 0.05) is 4.88 Å². The molecule has 3 heterocycles. The fraction of sp³-hybridized carbons (Fsp3) is 0.316. The molecule has 1 atom stereocenters. The summed E-state index contributed by atoms with van der Waals surface area (Å²) in [4.78, 5) is 15.6. The summed E-state index contributed by atoms with van der Waals surface area (Å²) in [5, 5.41) is 19.4. The molecule has 0 radical (unpaired) electrons. The fourth-order valence-electron chi connectivity index (χ4n) is 3.84. The standard InChI is InChI=1S/C19H18N4O2S/c1-11(24)16-20-21-19-22(12-7-3-2-4-8-12)17(25)15-13-9-5-6-10-14(13)26-18(15)23(16)19/h2-4,7-8,11,24H,5-6,9-10H2,1H3. The molecule has 1 unspecified atom stereocenters. The van der Waals surface area contributed by atoms with Gasteiger partial charge in [0.05, 0.1) is 11.1 Å². The number of para-hydroxylation sites is 1. The molecule has 1 aliphatic carbocycles. The smallest absolute Gasteiger partial charge is 0.268 e. The van der Waals surface area contributed by atoms with Crippen LogP contribution in [0.4, 0.5) is 0 Å². The van der Waals surface area contributed by atoms with Crippen LogP contribution in [0.5, 0.6) is 0 Å². The summed E-state index contributed by atoms with van der Waals surface area (Å²) in [7, 11) is 0. The van der Waals surface area contributed by atoms with E-state index in [2.05, 4.69) is 10.2 Å². The Kier molecular flexibility index (Phi) is 3.48. The molecule has 132 valence electrons. The molecule has 0 aliphatic heterocycles. The van der Waals surface area contributed by atoms with Crippen molar-refractivity contribution in [3.63, 3.8) is 0 Å². The molecule has 0 saturated carbocycles. The molecule has 0 amide bonds. The van der Waals surface area contributed by atoms with Crippen molar-refractivity contribution in [3.05, 3.63) is 57.0 Å². The van der Waals surface area contributed by atoms with Crippen LogP contribution in [-0.4, -0.2) is 24.3 Å². The van der Waals surface area contributed by atoms with Gasteiger partial charge in [-0.15, -0.1) is 21.5 Å². The van der Waals surface area contributed by atoms with E-state index in [1.165, 1.54) is 4.88 Å². The first kappa shape index (κ1) is 15.7. The lowest BCUT2D eigenvalue weighted by Crippen LogP contribution is -2.22. The minimum atomic E-state index is -0.769. The predicted molar refractivity (Wildman–Crippen MR) is 101 cm³/mol. The van der Waals surface area contributed by atoms with Gasteiger partial charge >= 0.3 is 0 Å². The van der Waals surface area contributed by atoms with Crippen LogP contribution >= 0.6 is 11.3 Å². The Morgan fingerprint density at radius 1 is 1.15 bits per heavy atom. The Hall–Kier alpha value is -2.51. The molecular formula is C19H18N4O2S. The third kappa shape index (κ3) is 2.10. The van der Waals surface area contributed by atoms with Gasteiger partial charge in [0.25, 0.3) is 5.56 Å². The predicted octanol–water partition coefficient (Wildman–Crippen LogP) is 3.03. The Balaban J connectivity index is 2.01. The van der Waals surface area contributed by atoms with Crippen molar-refractivity contribution in [2.24, 2.45) is 0 Å². The van der Waals surface area contributed by atoms with E-state index in [-0.39, 0.29) is 5.56 Å². The van der Waals surface area contributed by atoms with E-state index < -0.39 is 6.10 Å². The normalized spacial score (nSPS) is 15.5. The van der Waals surface area contributed by atoms with Crippen molar-refractivity contribution in [2.75, 3.05) is 0 Å². The monoisotopic (exact) mass is 366 g/mol. The second kappa shape index (κ2) is 5.75. The lowest BCUT2D eigenvalue weighted by atomic mass is 9.97. The third-order valence-electron chi connectivity index (χ3n) is 5.03. The molecule has 5 rings (SSSR count). The highest BCUT2D eigenvalue weighted by atomic mass is 32.1. The van der Waals surface area contributed by atoms with Crippen molar-refractivity contribution in [1.82, 2.24) is 19.2 Å². The zero-order chi connectivity index (χ0) is 17.8. The average molecular weight is 366 g/mol. The van der Waals surface area contributed by atoms with Crippen LogP contribution in [0.15, 0.2) is 35.1 Å². The molecule has 1 aromatic carbocycles. The van der Waals surface area contributed by atoms with Crippen LogP contribution < -0.4 is 5.56 Å². The highest BCUT2D eigenvalue weighted by Crippen LogP contribution is 2.36. The molecule has 1 aliphatic rings. The Labute approximate surface area is 153 Å². The van der Waals surface area contributed by atoms with Gasteiger partial charge in [0.1, 0.15) is 10.9 Å². The Morgan fingerprint density at radius 3 is 2.69 bits per heavy atom. The number of thiophene rings is 1. The zero-order valence-corrected chi connectivity index (χ0v) is 15.2. The summed E-state index contributed by atoms with van der Waals surface area (Å²) in [6.45, 7) is 1.67. The van der Waals surface area contributed by atoms with E-state index in [9.17, 15) is 9.90 Å².